The summed E-state index contributed by atoms with van der Waals surface area (Å²) in [6.07, 6.45) is -2.60. The first kappa shape index (κ1) is 20.5. The van der Waals surface area contributed by atoms with Gasteiger partial charge in [-0.05, 0) is 18.4 Å². The number of rotatable bonds is 8. The minimum atomic E-state index is -4.51. The van der Waals surface area contributed by atoms with E-state index < -0.39 is 17.8 Å². The number of halogens is 4. The number of carbonyl (C=O) groups excluding carboxylic acids is 1. The number of amides is 1. The Hall–Kier alpha value is -1.54. The molecule has 0 saturated heterocycles. The topological polar surface area (TPSA) is 77.2 Å². The van der Waals surface area contributed by atoms with Crippen LogP contribution in [0.5, 0.6) is 5.88 Å². The highest BCUT2D eigenvalue weighted by Gasteiger charge is 2.31. The highest BCUT2D eigenvalue weighted by atomic mass is 35.5. The van der Waals surface area contributed by atoms with Gasteiger partial charge in [-0.1, -0.05) is 31.9 Å². The predicted molar refractivity (Wildman–Crippen MR) is 84.8 cm³/mol. The summed E-state index contributed by atoms with van der Waals surface area (Å²) < 4.78 is 42.7. The molecular weight excluding hydrogens is 347 g/mol. The normalized spacial score (nSPS) is 14.1. The van der Waals surface area contributed by atoms with E-state index in [2.05, 4.69) is 10.3 Å². The molecule has 0 aliphatic carbocycles. The molecule has 1 amide bonds. The summed E-state index contributed by atoms with van der Waals surface area (Å²) in [6, 6.07) is 0.193. The molecule has 0 fully saturated rings. The van der Waals surface area contributed by atoms with E-state index in [1.54, 1.807) is 0 Å². The summed E-state index contributed by atoms with van der Waals surface area (Å²) in [5.74, 6) is -0.237. The SMILES string of the molecule is CCC(C)C(N)C(=O)NCCCOc1ncc(C(F)(F)F)cc1Cl. The predicted octanol–water partition coefficient (Wildman–Crippen LogP) is 3.01. The summed E-state index contributed by atoms with van der Waals surface area (Å²) in [6.45, 7) is 4.33. The molecule has 1 aromatic heterocycles. The van der Waals surface area contributed by atoms with E-state index in [0.717, 1.165) is 12.5 Å². The van der Waals surface area contributed by atoms with Crippen molar-refractivity contribution in [3.05, 3.63) is 22.8 Å². The number of nitrogens with one attached hydrogen (secondary N) is 1. The maximum Gasteiger partial charge on any atom is 0.417 e. The average molecular weight is 368 g/mol. The van der Waals surface area contributed by atoms with Gasteiger partial charge in [0, 0.05) is 12.7 Å². The Bertz CT molecular complexity index is 555. The first-order chi connectivity index (χ1) is 11.2. The monoisotopic (exact) mass is 367 g/mol. The third kappa shape index (κ3) is 6.16. The molecule has 0 aliphatic heterocycles. The van der Waals surface area contributed by atoms with Crippen LogP contribution in [0.3, 0.4) is 0 Å². The smallest absolute Gasteiger partial charge is 0.417 e. The number of carbonyl (C=O) groups is 1. The molecular formula is C15H21ClF3N3O2. The van der Waals surface area contributed by atoms with Gasteiger partial charge >= 0.3 is 6.18 Å². The first-order valence-electron chi connectivity index (χ1n) is 7.55. The van der Waals surface area contributed by atoms with Crippen molar-refractivity contribution < 1.29 is 22.7 Å². The molecule has 136 valence electrons. The van der Waals surface area contributed by atoms with Crippen LogP contribution < -0.4 is 15.8 Å². The Kier molecular flexibility index (Phi) is 7.75. The Morgan fingerprint density at radius 2 is 2.17 bits per heavy atom. The van der Waals surface area contributed by atoms with Crippen molar-refractivity contribution >= 4 is 17.5 Å². The van der Waals surface area contributed by atoms with Crippen LogP contribution in [-0.2, 0) is 11.0 Å². The van der Waals surface area contributed by atoms with E-state index in [-0.39, 0.29) is 29.3 Å². The summed E-state index contributed by atoms with van der Waals surface area (Å²) >= 11 is 5.72. The van der Waals surface area contributed by atoms with Crippen molar-refractivity contribution in [3.63, 3.8) is 0 Å². The Balaban J connectivity index is 2.37. The highest BCUT2D eigenvalue weighted by molar-refractivity contribution is 6.31. The summed E-state index contributed by atoms with van der Waals surface area (Å²) in [7, 11) is 0. The van der Waals surface area contributed by atoms with Gasteiger partial charge in [-0.2, -0.15) is 13.2 Å². The molecule has 5 nitrogen and oxygen atoms in total. The number of hydrogen-bond donors (Lipinski definition) is 2. The van der Waals surface area contributed by atoms with Gasteiger partial charge in [0.1, 0.15) is 5.02 Å². The van der Waals surface area contributed by atoms with Crippen LogP contribution >= 0.6 is 11.6 Å². The second-order valence-corrected chi connectivity index (χ2v) is 5.82. The second kappa shape index (κ2) is 9.08. The van der Waals surface area contributed by atoms with Crippen LogP contribution in [0.15, 0.2) is 12.3 Å². The van der Waals surface area contributed by atoms with Gasteiger partial charge in [0.25, 0.3) is 0 Å². The summed E-state index contributed by atoms with van der Waals surface area (Å²) in [5, 5.41) is 2.47. The van der Waals surface area contributed by atoms with Gasteiger partial charge in [-0.3, -0.25) is 4.79 Å². The van der Waals surface area contributed by atoms with E-state index in [1.807, 2.05) is 13.8 Å². The average Bonchev–Trinajstić information content (AvgIpc) is 2.53. The Morgan fingerprint density at radius 3 is 2.71 bits per heavy atom. The van der Waals surface area contributed by atoms with E-state index in [4.69, 9.17) is 22.1 Å². The van der Waals surface area contributed by atoms with Gasteiger partial charge in [-0.15, -0.1) is 0 Å². The Labute approximate surface area is 143 Å². The zero-order valence-electron chi connectivity index (χ0n) is 13.5. The number of nitrogens with zero attached hydrogens (tertiary/aromatic N) is 1. The maximum atomic E-state index is 12.5. The van der Waals surface area contributed by atoms with Gasteiger partial charge in [0.05, 0.1) is 18.2 Å². The maximum absolute atomic E-state index is 12.5. The fourth-order valence-electron chi connectivity index (χ4n) is 1.77. The number of ether oxygens (including phenoxy) is 1. The number of pyridine rings is 1. The van der Waals surface area contributed by atoms with Crippen molar-refractivity contribution in [2.75, 3.05) is 13.2 Å². The lowest BCUT2D eigenvalue weighted by Gasteiger charge is -2.17. The molecule has 0 aromatic carbocycles. The first-order valence-corrected chi connectivity index (χ1v) is 7.93. The van der Waals surface area contributed by atoms with Gasteiger partial charge in [-0.25, -0.2) is 4.98 Å². The van der Waals surface area contributed by atoms with Crippen LogP contribution in [0.25, 0.3) is 0 Å². The number of aromatic nitrogens is 1. The summed E-state index contributed by atoms with van der Waals surface area (Å²) in [4.78, 5) is 15.3. The van der Waals surface area contributed by atoms with Gasteiger partial charge in [0.2, 0.25) is 11.8 Å². The fraction of sp³-hybridized carbons (Fsp3) is 0.600. The van der Waals surface area contributed by atoms with E-state index in [1.165, 1.54) is 0 Å². The van der Waals surface area contributed by atoms with E-state index in [9.17, 15) is 18.0 Å². The van der Waals surface area contributed by atoms with Crippen molar-refractivity contribution in [1.29, 1.82) is 0 Å². The molecule has 0 bridgehead atoms. The van der Waals surface area contributed by atoms with E-state index >= 15 is 0 Å². The minimum Gasteiger partial charge on any atom is -0.477 e. The van der Waals surface area contributed by atoms with Crippen LogP contribution in [0.1, 0.15) is 32.3 Å². The van der Waals surface area contributed by atoms with Crippen molar-refractivity contribution in [2.24, 2.45) is 11.7 Å². The lowest BCUT2D eigenvalue weighted by atomic mass is 9.99. The lowest BCUT2D eigenvalue weighted by Crippen LogP contribution is -2.45. The van der Waals surface area contributed by atoms with Crippen molar-refractivity contribution in [2.45, 2.75) is 38.9 Å². The minimum absolute atomic E-state index is 0.0766. The van der Waals surface area contributed by atoms with Crippen LogP contribution in [0.2, 0.25) is 5.02 Å². The molecule has 0 spiro atoms. The number of nitrogens with two attached hydrogens (primary N) is 1. The molecule has 9 heteroatoms. The van der Waals surface area contributed by atoms with Gasteiger partial charge in [0.15, 0.2) is 0 Å². The zero-order chi connectivity index (χ0) is 18.3. The molecule has 0 saturated carbocycles. The number of alkyl halides is 3. The fourth-order valence-corrected chi connectivity index (χ4v) is 1.99. The second-order valence-electron chi connectivity index (χ2n) is 5.41. The molecule has 3 N–H and O–H groups in total. The summed E-state index contributed by atoms with van der Waals surface area (Å²) in [5.41, 5.74) is 4.84. The van der Waals surface area contributed by atoms with Crippen LogP contribution in [0.4, 0.5) is 13.2 Å². The lowest BCUT2D eigenvalue weighted by molar-refractivity contribution is -0.137. The molecule has 1 heterocycles. The molecule has 1 aromatic rings. The van der Waals surface area contributed by atoms with Gasteiger partial charge < -0.3 is 15.8 Å². The number of hydrogen-bond acceptors (Lipinski definition) is 4. The van der Waals surface area contributed by atoms with Crippen molar-refractivity contribution in [1.82, 2.24) is 10.3 Å². The third-order valence-corrected chi connectivity index (χ3v) is 3.82. The molecule has 0 radical (unpaired) electrons. The highest BCUT2D eigenvalue weighted by Crippen LogP contribution is 2.33. The Morgan fingerprint density at radius 1 is 1.50 bits per heavy atom. The van der Waals surface area contributed by atoms with Crippen LogP contribution in [0, 0.1) is 5.92 Å². The quantitative estimate of drug-likeness (QED) is 0.692. The van der Waals surface area contributed by atoms with E-state index in [0.29, 0.717) is 19.2 Å². The largest absolute Gasteiger partial charge is 0.477 e. The zero-order valence-corrected chi connectivity index (χ0v) is 14.2. The third-order valence-electron chi connectivity index (χ3n) is 3.55. The van der Waals surface area contributed by atoms with Crippen LogP contribution in [-0.4, -0.2) is 30.1 Å². The molecule has 0 aliphatic rings. The molecule has 2 atom stereocenters. The molecule has 2 unspecified atom stereocenters. The molecule has 24 heavy (non-hydrogen) atoms. The van der Waals surface area contributed by atoms with Crippen molar-refractivity contribution in [3.8, 4) is 5.88 Å². The molecule has 1 rings (SSSR count). The standard InChI is InChI=1S/C15H21ClF3N3O2/c1-3-9(2)12(20)13(23)21-5-4-6-24-14-11(16)7-10(8-22-14)15(17,18)19/h7-9,12H,3-6,20H2,1-2H3,(H,21,23).